The summed E-state index contributed by atoms with van der Waals surface area (Å²) in [5.74, 6) is 0.106. The van der Waals surface area contributed by atoms with E-state index in [0.717, 1.165) is 18.5 Å². The van der Waals surface area contributed by atoms with Crippen LogP contribution in [-0.2, 0) is 11.2 Å². The minimum Gasteiger partial charge on any atom is -0.390 e. The average Bonchev–Trinajstić information content (AvgIpc) is 2.50. The second-order valence-electron chi connectivity index (χ2n) is 4.29. The van der Waals surface area contributed by atoms with Crippen LogP contribution in [0.1, 0.15) is 18.4 Å². The standard InChI is InChI=1S/C13H16BrNO2/c14-8-11(16)9-15-12-6-2-1-4-10(12)5-3-7-13(15)17/h1-2,4,6,11,16H,3,5,7-9H2. The molecule has 1 heterocycles. The summed E-state index contributed by atoms with van der Waals surface area (Å²) >= 11 is 3.23. The third kappa shape index (κ3) is 2.87. The van der Waals surface area contributed by atoms with Gasteiger partial charge in [0.25, 0.3) is 0 Å². The number of alkyl halides is 1. The highest BCUT2D eigenvalue weighted by atomic mass is 79.9. The van der Waals surface area contributed by atoms with Gasteiger partial charge in [-0.05, 0) is 24.5 Å². The molecule has 1 amide bonds. The lowest BCUT2D eigenvalue weighted by Crippen LogP contribution is -2.37. The Kier molecular flexibility index (Phi) is 4.18. The first kappa shape index (κ1) is 12.6. The predicted molar refractivity (Wildman–Crippen MR) is 71.5 cm³/mol. The molecule has 0 aliphatic carbocycles. The molecule has 1 atom stereocenters. The molecule has 0 aromatic heterocycles. The van der Waals surface area contributed by atoms with Crippen LogP contribution in [0, 0.1) is 0 Å². The number of halogens is 1. The minimum absolute atomic E-state index is 0.106. The molecule has 0 spiro atoms. The van der Waals surface area contributed by atoms with Crippen LogP contribution < -0.4 is 4.90 Å². The van der Waals surface area contributed by atoms with Crippen molar-refractivity contribution in [1.29, 1.82) is 0 Å². The number of carbonyl (C=O) groups excluding carboxylic acids is 1. The molecule has 0 fully saturated rings. The van der Waals surface area contributed by atoms with Crippen LogP contribution in [0.5, 0.6) is 0 Å². The van der Waals surface area contributed by atoms with Crippen LogP contribution in [0.4, 0.5) is 5.69 Å². The largest absolute Gasteiger partial charge is 0.390 e. The van der Waals surface area contributed by atoms with Gasteiger partial charge in [0.1, 0.15) is 0 Å². The first-order chi connectivity index (χ1) is 8.22. The van der Waals surface area contributed by atoms with E-state index in [1.807, 2.05) is 18.2 Å². The number of β-amino-alcohol motifs (C(OH)–C–C–N with tert-alkyl or cyclic N) is 1. The topological polar surface area (TPSA) is 40.5 Å². The maximum atomic E-state index is 12.0. The molecule has 1 aromatic rings. The molecule has 0 bridgehead atoms. The van der Waals surface area contributed by atoms with Crippen molar-refractivity contribution in [3.05, 3.63) is 29.8 Å². The van der Waals surface area contributed by atoms with Gasteiger partial charge in [-0.2, -0.15) is 0 Å². The molecule has 17 heavy (non-hydrogen) atoms. The summed E-state index contributed by atoms with van der Waals surface area (Å²) in [4.78, 5) is 13.7. The van der Waals surface area contributed by atoms with Crippen molar-refractivity contribution < 1.29 is 9.90 Å². The number of hydrogen-bond acceptors (Lipinski definition) is 2. The third-order valence-electron chi connectivity index (χ3n) is 2.99. The number of carbonyl (C=O) groups is 1. The van der Waals surface area contributed by atoms with E-state index >= 15 is 0 Å². The highest BCUT2D eigenvalue weighted by molar-refractivity contribution is 9.09. The molecule has 4 heteroatoms. The van der Waals surface area contributed by atoms with Crippen LogP contribution in [0.25, 0.3) is 0 Å². The molecule has 0 saturated carbocycles. The molecular formula is C13H16BrNO2. The molecular weight excluding hydrogens is 282 g/mol. The zero-order valence-corrected chi connectivity index (χ0v) is 11.2. The minimum atomic E-state index is -0.523. The lowest BCUT2D eigenvalue weighted by Gasteiger charge is -2.25. The Morgan fingerprint density at radius 3 is 2.88 bits per heavy atom. The second-order valence-corrected chi connectivity index (χ2v) is 4.94. The summed E-state index contributed by atoms with van der Waals surface area (Å²) in [7, 11) is 0. The van der Waals surface area contributed by atoms with Gasteiger partial charge in [0.2, 0.25) is 5.91 Å². The normalized spacial score (nSPS) is 17.5. The van der Waals surface area contributed by atoms with Crippen molar-refractivity contribution in [3.63, 3.8) is 0 Å². The summed E-state index contributed by atoms with van der Waals surface area (Å²) in [5.41, 5.74) is 2.15. The van der Waals surface area contributed by atoms with E-state index < -0.39 is 6.10 Å². The van der Waals surface area contributed by atoms with Gasteiger partial charge in [-0.15, -0.1) is 0 Å². The molecule has 1 aromatic carbocycles. The predicted octanol–water partition coefficient (Wildman–Crippen LogP) is 2.11. The summed E-state index contributed by atoms with van der Waals surface area (Å²) in [6.45, 7) is 0.362. The number of nitrogens with zero attached hydrogens (tertiary/aromatic N) is 1. The van der Waals surface area contributed by atoms with Crippen LogP contribution in [0.2, 0.25) is 0 Å². The van der Waals surface area contributed by atoms with Crippen molar-refractivity contribution in [2.45, 2.75) is 25.4 Å². The Bertz CT molecular complexity index is 408. The van der Waals surface area contributed by atoms with E-state index in [4.69, 9.17) is 0 Å². The smallest absolute Gasteiger partial charge is 0.227 e. The Hall–Kier alpha value is -0.870. The SMILES string of the molecule is O=C1CCCc2ccccc2N1CC(O)CBr. The monoisotopic (exact) mass is 297 g/mol. The number of aryl methyl sites for hydroxylation is 1. The van der Waals surface area contributed by atoms with E-state index in [9.17, 15) is 9.90 Å². The Balaban J connectivity index is 2.30. The fourth-order valence-corrected chi connectivity index (χ4v) is 2.35. The maximum Gasteiger partial charge on any atom is 0.227 e. The molecule has 92 valence electrons. The van der Waals surface area contributed by atoms with Gasteiger partial charge in [0.05, 0.1) is 12.6 Å². The van der Waals surface area contributed by atoms with E-state index in [0.29, 0.717) is 18.3 Å². The molecule has 0 saturated heterocycles. The van der Waals surface area contributed by atoms with Crippen LogP contribution in [0.15, 0.2) is 24.3 Å². The van der Waals surface area contributed by atoms with Crippen molar-refractivity contribution in [3.8, 4) is 0 Å². The van der Waals surface area contributed by atoms with E-state index in [1.165, 1.54) is 5.56 Å². The van der Waals surface area contributed by atoms with Crippen molar-refractivity contribution >= 4 is 27.5 Å². The lowest BCUT2D eigenvalue weighted by molar-refractivity contribution is -0.118. The van der Waals surface area contributed by atoms with E-state index in [1.54, 1.807) is 4.90 Å². The molecule has 2 rings (SSSR count). The molecule has 0 radical (unpaired) electrons. The zero-order chi connectivity index (χ0) is 12.3. The van der Waals surface area contributed by atoms with Gasteiger partial charge in [0.15, 0.2) is 0 Å². The number of aliphatic hydroxyl groups excluding tert-OH is 1. The van der Waals surface area contributed by atoms with E-state index in [2.05, 4.69) is 22.0 Å². The number of anilines is 1. The van der Waals surface area contributed by atoms with Crippen LogP contribution in [0.3, 0.4) is 0 Å². The van der Waals surface area contributed by atoms with Crippen LogP contribution in [-0.4, -0.2) is 29.0 Å². The third-order valence-corrected chi connectivity index (χ3v) is 3.74. The maximum absolute atomic E-state index is 12.0. The highest BCUT2D eigenvalue weighted by Crippen LogP contribution is 2.26. The van der Waals surface area contributed by atoms with Crippen molar-refractivity contribution in [2.24, 2.45) is 0 Å². The molecule has 1 aliphatic rings. The average molecular weight is 298 g/mol. The van der Waals surface area contributed by atoms with Crippen LogP contribution >= 0.6 is 15.9 Å². The Labute approximate surface area is 110 Å². The van der Waals surface area contributed by atoms with Gasteiger partial charge in [-0.3, -0.25) is 4.79 Å². The summed E-state index contributed by atoms with van der Waals surface area (Å²) in [5, 5.41) is 10.2. The molecule has 1 aliphatic heterocycles. The summed E-state index contributed by atoms with van der Waals surface area (Å²) in [6.07, 6.45) is 1.86. The van der Waals surface area contributed by atoms with Crippen molar-refractivity contribution in [2.75, 3.05) is 16.8 Å². The highest BCUT2D eigenvalue weighted by Gasteiger charge is 2.23. The van der Waals surface area contributed by atoms with E-state index in [-0.39, 0.29) is 5.91 Å². The molecule has 1 N–H and O–H groups in total. The molecule has 3 nitrogen and oxygen atoms in total. The fraction of sp³-hybridized carbons (Fsp3) is 0.462. The van der Waals surface area contributed by atoms with Gasteiger partial charge in [0, 0.05) is 17.4 Å². The number of para-hydroxylation sites is 1. The zero-order valence-electron chi connectivity index (χ0n) is 9.60. The number of benzene rings is 1. The first-order valence-corrected chi connectivity index (χ1v) is 6.97. The Morgan fingerprint density at radius 2 is 2.12 bits per heavy atom. The number of aliphatic hydroxyl groups is 1. The quantitative estimate of drug-likeness (QED) is 0.868. The number of amides is 1. The second kappa shape index (κ2) is 5.65. The fourth-order valence-electron chi connectivity index (χ4n) is 2.14. The van der Waals surface area contributed by atoms with Crippen molar-refractivity contribution in [1.82, 2.24) is 0 Å². The summed E-state index contributed by atoms with van der Waals surface area (Å²) < 4.78 is 0. The van der Waals surface area contributed by atoms with Gasteiger partial charge in [-0.1, -0.05) is 34.1 Å². The van der Waals surface area contributed by atoms with Gasteiger partial charge >= 0.3 is 0 Å². The first-order valence-electron chi connectivity index (χ1n) is 5.84. The lowest BCUT2D eigenvalue weighted by atomic mass is 10.1. The summed E-state index contributed by atoms with van der Waals surface area (Å²) in [6, 6.07) is 7.94. The molecule has 1 unspecified atom stereocenters. The Morgan fingerprint density at radius 1 is 1.35 bits per heavy atom. The van der Waals surface area contributed by atoms with Gasteiger partial charge in [-0.25, -0.2) is 0 Å². The van der Waals surface area contributed by atoms with Gasteiger partial charge < -0.3 is 10.0 Å². The number of hydrogen-bond donors (Lipinski definition) is 1. The number of rotatable bonds is 3. The number of fused-ring (bicyclic) bond motifs is 1.